The molecular formula is C20H21N3O4. The van der Waals surface area contributed by atoms with Crippen molar-refractivity contribution in [2.75, 3.05) is 6.54 Å². The van der Waals surface area contributed by atoms with Crippen LogP contribution in [0.2, 0.25) is 0 Å². The molecule has 7 nitrogen and oxygen atoms in total. The Hall–Kier alpha value is -2.96. The summed E-state index contributed by atoms with van der Waals surface area (Å²) in [5.41, 5.74) is 1.95. The van der Waals surface area contributed by atoms with Gasteiger partial charge in [-0.2, -0.15) is 0 Å². The molecule has 2 fully saturated rings. The number of hydrogen-bond acceptors (Lipinski definition) is 4. The number of nitrogens with zero attached hydrogens (tertiary/aromatic N) is 2. The molecule has 0 radical (unpaired) electrons. The number of carbonyl (C=O) groups excluding carboxylic acids is 4. The lowest BCUT2D eigenvalue weighted by Crippen LogP contribution is -2.43. The Morgan fingerprint density at radius 2 is 1.78 bits per heavy atom. The number of aryl methyl sites for hydroxylation is 1. The molecule has 27 heavy (non-hydrogen) atoms. The fourth-order valence-electron chi connectivity index (χ4n) is 4.18. The van der Waals surface area contributed by atoms with Gasteiger partial charge >= 0.3 is 17.8 Å². The molecule has 0 spiro atoms. The zero-order valence-corrected chi connectivity index (χ0v) is 15.2. The topological polar surface area (TPSA) is 90.6 Å². The Morgan fingerprint density at radius 1 is 1.07 bits per heavy atom. The number of Topliss-reactive ketones (excluding diaryl/α,β-unsaturated/α-hetero) is 1. The van der Waals surface area contributed by atoms with Gasteiger partial charge in [0.25, 0.3) is 0 Å². The summed E-state index contributed by atoms with van der Waals surface area (Å²) in [6.45, 7) is 1.36. The number of fused-ring (bicyclic) bond motifs is 1. The maximum atomic E-state index is 12.9. The number of nitrogens with one attached hydrogen (secondary N) is 1. The number of hydrogen-bond donors (Lipinski definition) is 1. The first-order chi connectivity index (χ1) is 13.0. The van der Waals surface area contributed by atoms with Crippen molar-refractivity contribution in [1.82, 2.24) is 14.8 Å². The van der Waals surface area contributed by atoms with E-state index < -0.39 is 24.4 Å². The number of carbonyl (C=O) groups is 4. The zero-order chi connectivity index (χ0) is 19.1. The fourth-order valence-corrected chi connectivity index (χ4v) is 4.18. The Labute approximate surface area is 156 Å². The minimum absolute atomic E-state index is 0.238. The minimum Gasteiger partial charge on any atom is -0.358 e. The predicted octanol–water partition coefficient (Wildman–Crippen LogP) is 2.78. The van der Waals surface area contributed by atoms with Crippen molar-refractivity contribution in [2.24, 2.45) is 0 Å². The summed E-state index contributed by atoms with van der Waals surface area (Å²) in [4.78, 5) is 55.4. The second-order valence-electron chi connectivity index (χ2n) is 7.23. The molecular weight excluding hydrogens is 346 g/mol. The van der Waals surface area contributed by atoms with Crippen molar-refractivity contribution in [2.45, 2.75) is 45.1 Å². The summed E-state index contributed by atoms with van der Waals surface area (Å²) in [5, 5.41) is 0.745. The summed E-state index contributed by atoms with van der Waals surface area (Å²) in [6.07, 6.45) is 4.37. The molecule has 1 aliphatic heterocycles. The van der Waals surface area contributed by atoms with Crippen LogP contribution in [0.3, 0.4) is 0 Å². The van der Waals surface area contributed by atoms with E-state index in [4.69, 9.17) is 0 Å². The van der Waals surface area contributed by atoms with E-state index in [-0.39, 0.29) is 11.8 Å². The van der Waals surface area contributed by atoms with Gasteiger partial charge in [-0.3, -0.25) is 19.3 Å². The third kappa shape index (κ3) is 2.83. The van der Waals surface area contributed by atoms with Gasteiger partial charge in [-0.25, -0.2) is 9.69 Å². The number of imide groups is 2. The standard InChI is InChI=1S/C20H21N3O4/c1-12-17(14-9-5-6-10-15(14)21-12)16(24)11-22-18(25)19(26)23(20(22)27)13-7-3-2-4-8-13/h5-6,9-10,13,21H,2-4,7-8,11H2,1H3. The van der Waals surface area contributed by atoms with Crippen molar-refractivity contribution in [3.63, 3.8) is 0 Å². The summed E-state index contributed by atoms with van der Waals surface area (Å²) < 4.78 is 0. The highest BCUT2D eigenvalue weighted by atomic mass is 16.2. The summed E-state index contributed by atoms with van der Waals surface area (Å²) in [5.74, 6) is -2.07. The summed E-state index contributed by atoms with van der Waals surface area (Å²) in [6, 6.07) is 6.47. The molecule has 4 amide bonds. The van der Waals surface area contributed by atoms with Crippen molar-refractivity contribution in [3.05, 3.63) is 35.5 Å². The number of aromatic amines is 1. The van der Waals surface area contributed by atoms with Crippen LogP contribution in [0.5, 0.6) is 0 Å². The van der Waals surface area contributed by atoms with Crippen molar-refractivity contribution in [1.29, 1.82) is 0 Å². The second-order valence-corrected chi connectivity index (χ2v) is 7.23. The van der Waals surface area contributed by atoms with Crippen LogP contribution in [0.15, 0.2) is 24.3 Å². The number of rotatable bonds is 4. The minimum atomic E-state index is -0.906. The van der Waals surface area contributed by atoms with Gasteiger partial charge in [-0.05, 0) is 25.8 Å². The Kier molecular flexibility index (Phi) is 4.30. The largest absolute Gasteiger partial charge is 0.358 e. The van der Waals surface area contributed by atoms with Crippen molar-refractivity contribution >= 4 is 34.5 Å². The van der Waals surface area contributed by atoms with Gasteiger partial charge in [0, 0.05) is 28.2 Å². The van der Waals surface area contributed by atoms with E-state index in [9.17, 15) is 19.2 Å². The molecule has 4 rings (SSSR count). The van der Waals surface area contributed by atoms with Crippen LogP contribution in [0, 0.1) is 6.92 Å². The monoisotopic (exact) mass is 367 g/mol. The van der Waals surface area contributed by atoms with Crippen LogP contribution < -0.4 is 0 Å². The lowest BCUT2D eigenvalue weighted by Gasteiger charge is -2.28. The van der Waals surface area contributed by atoms with Gasteiger partial charge in [0.15, 0.2) is 5.78 Å². The van der Waals surface area contributed by atoms with E-state index in [1.165, 1.54) is 0 Å². The molecule has 140 valence electrons. The number of amides is 4. The van der Waals surface area contributed by atoms with Crippen LogP contribution in [-0.2, 0) is 9.59 Å². The number of para-hydroxylation sites is 1. The molecule has 2 aliphatic rings. The van der Waals surface area contributed by atoms with Crippen LogP contribution >= 0.6 is 0 Å². The van der Waals surface area contributed by atoms with E-state index in [1.54, 1.807) is 6.92 Å². The number of ketones is 1. The van der Waals surface area contributed by atoms with E-state index in [2.05, 4.69) is 4.98 Å². The molecule has 1 saturated heterocycles. The number of benzene rings is 1. The quantitative estimate of drug-likeness (QED) is 0.511. The number of H-pyrrole nitrogens is 1. The van der Waals surface area contributed by atoms with E-state index in [0.29, 0.717) is 24.1 Å². The highest BCUT2D eigenvalue weighted by Crippen LogP contribution is 2.28. The molecule has 2 heterocycles. The van der Waals surface area contributed by atoms with Gasteiger partial charge in [-0.15, -0.1) is 0 Å². The van der Waals surface area contributed by atoms with Crippen molar-refractivity contribution < 1.29 is 19.2 Å². The maximum Gasteiger partial charge on any atom is 0.334 e. The third-order valence-corrected chi connectivity index (χ3v) is 5.50. The van der Waals surface area contributed by atoms with E-state index in [0.717, 1.165) is 40.0 Å². The molecule has 7 heteroatoms. The molecule has 2 aromatic rings. The first-order valence-corrected chi connectivity index (χ1v) is 9.28. The predicted molar refractivity (Wildman–Crippen MR) is 98.2 cm³/mol. The first-order valence-electron chi connectivity index (χ1n) is 9.28. The third-order valence-electron chi connectivity index (χ3n) is 5.50. The Morgan fingerprint density at radius 3 is 2.52 bits per heavy atom. The van der Waals surface area contributed by atoms with E-state index >= 15 is 0 Å². The molecule has 0 bridgehead atoms. The summed E-state index contributed by atoms with van der Waals surface area (Å²) >= 11 is 0. The summed E-state index contributed by atoms with van der Waals surface area (Å²) in [7, 11) is 0. The normalized spacial score (nSPS) is 18.8. The molecule has 0 unspecified atom stereocenters. The first kappa shape index (κ1) is 17.5. The average molecular weight is 367 g/mol. The van der Waals surface area contributed by atoms with E-state index in [1.807, 2.05) is 24.3 Å². The molecule has 1 aromatic heterocycles. The number of aromatic nitrogens is 1. The Balaban J connectivity index is 1.59. The average Bonchev–Trinajstić information content (AvgIpc) is 3.11. The van der Waals surface area contributed by atoms with Gasteiger partial charge in [-0.1, -0.05) is 37.5 Å². The Bertz CT molecular complexity index is 955. The zero-order valence-electron chi connectivity index (χ0n) is 15.2. The van der Waals surface area contributed by atoms with Crippen LogP contribution in [-0.4, -0.2) is 51.0 Å². The second kappa shape index (κ2) is 6.64. The van der Waals surface area contributed by atoms with Gasteiger partial charge in [0.05, 0.1) is 6.54 Å². The van der Waals surface area contributed by atoms with Gasteiger partial charge < -0.3 is 4.98 Å². The molecule has 1 saturated carbocycles. The van der Waals surface area contributed by atoms with Crippen LogP contribution in [0.4, 0.5) is 4.79 Å². The lowest BCUT2D eigenvalue weighted by atomic mass is 9.94. The van der Waals surface area contributed by atoms with Crippen LogP contribution in [0.25, 0.3) is 10.9 Å². The number of urea groups is 1. The molecule has 1 N–H and O–H groups in total. The SMILES string of the molecule is Cc1[nH]c2ccccc2c1C(=O)CN1C(=O)C(=O)N(C2CCCCC2)C1=O. The highest BCUT2D eigenvalue weighted by molar-refractivity contribution is 6.45. The highest BCUT2D eigenvalue weighted by Gasteiger charge is 2.48. The van der Waals surface area contributed by atoms with Gasteiger partial charge in [0.2, 0.25) is 0 Å². The lowest BCUT2D eigenvalue weighted by molar-refractivity contribution is -0.144. The fraction of sp³-hybridized carbons (Fsp3) is 0.400. The van der Waals surface area contributed by atoms with Gasteiger partial charge in [0.1, 0.15) is 0 Å². The van der Waals surface area contributed by atoms with Crippen LogP contribution in [0.1, 0.15) is 48.2 Å². The molecule has 1 aromatic carbocycles. The smallest absolute Gasteiger partial charge is 0.334 e. The van der Waals surface area contributed by atoms with Crippen molar-refractivity contribution in [3.8, 4) is 0 Å². The maximum absolute atomic E-state index is 12.9. The molecule has 1 aliphatic carbocycles. The molecule has 0 atom stereocenters.